The quantitative estimate of drug-likeness (QED) is 0.706. The molecule has 0 saturated heterocycles. The molecular weight excluding hydrogens is 264 g/mol. The van der Waals surface area contributed by atoms with Crippen molar-refractivity contribution in [2.75, 3.05) is 11.1 Å². The SMILES string of the molecule is Cc1c(N)cccc1NC(=O)c1ccc2nccnc2c1. The lowest BCUT2D eigenvalue weighted by Gasteiger charge is -2.10. The fourth-order valence-corrected chi connectivity index (χ4v) is 2.09. The van der Waals surface area contributed by atoms with Gasteiger partial charge in [0.25, 0.3) is 5.91 Å². The number of hydrogen-bond acceptors (Lipinski definition) is 4. The van der Waals surface area contributed by atoms with E-state index < -0.39 is 0 Å². The van der Waals surface area contributed by atoms with Crippen molar-refractivity contribution in [3.63, 3.8) is 0 Å². The zero-order chi connectivity index (χ0) is 14.8. The van der Waals surface area contributed by atoms with Gasteiger partial charge in [0.1, 0.15) is 0 Å². The van der Waals surface area contributed by atoms with Gasteiger partial charge in [-0.15, -0.1) is 0 Å². The summed E-state index contributed by atoms with van der Waals surface area (Å²) in [5.41, 5.74) is 10.0. The number of nitrogens with two attached hydrogens (primary N) is 1. The Labute approximate surface area is 121 Å². The number of aromatic nitrogens is 2. The molecule has 3 rings (SSSR count). The van der Waals surface area contributed by atoms with Gasteiger partial charge in [0.15, 0.2) is 0 Å². The van der Waals surface area contributed by atoms with Crippen molar-refractivity contribution >= 4 is 28.3 Å². The summed E-state index contributed by atoms with van der Waals surface area (Å²) in [5, 5.41) is 2.86. The number of anilines is 2. The minimum Gasteiger partial charge on any atom is -0.398 e. The molecule has 0 aliphatic carbocycles. The van der Waals surface area contributed by atoms with E-state index in [1.165, 1.54) is 0 Å². The van der Waals surface area contributed by atoms with Crippen LogP contribution in [0.4, 0.5) is 11.4 Å². The maximum absolute atomic E-state index is 12.3. The normalized spacial score (nSPS) is 10.5. The van der Waals surface area contributed by atoms with E-state index in [1.807, 2.05) is 19.1 Å². The molecule has 5 heteroatoms. The van der Waals surface area contributed by atoms with Crippen LogP contribution in [0.15, 0.2) is 48.8 Å². The lowest BCUT2D eigenvalue weighted by atomic mass is 10.1. The largest absolute Gasteiger partial charge is 0.398 e. The highest BCUT2D eigenvalue weighted by Crippen LogP contribution is 2.21. The molecule has 0 saturated carbocycles. The first-order valence-corrected chi connectivity index (χ1v) is 6.52. The molecular formula is C16H14N4O. The maximum atomic E-state index is 12.3. The van der Waals surface area contributed by atoms with Gasteiger partial charge in [-0.1, -0.05) is 6.07 Å². The molecule has 1 amide bonds. The van der Waals surface area contributed by atoms with Crippen LogP contribution < -0.4 is 11.1 Å². The topological polar surface area (TPSA) is 80.9 Å². The van der Waals surface area contributed by atoms with Crippen molar-refractivity contribution in [2.24, 2.45) is 0 Å². The highest BCUT2D eigenvalue weighted by molar-refractivity contribution is 6.06. The first-order valence-electron chi connectivity index (χ1n) is 6.52. The molecule has 3 N–H and O–H groups in total. The molecule has 1 aromatic heterocycles. The van der Waals surface area contributed by atoms with Gasteiger partial charge in [0.2, 0.25) is 0 Å². The van der Waals surface area contributed by atoms with Crippen LogP contribution in [-0.2, 0) is 0 Å². The number of nitrogen functional groups attached to an aromatic ring is 1. The van der Waals surface area contributed by atoms with Crippen LogP contribution in [0.3, 0.4) is 0 Å². The number of nitrogens with one attached hydrogen (secondary N) is 1. The first kappa shape index (κ1) is 13.1. The Kier molecular flexibility index (Phi) is 3.23. The van der Waals surface area contributed by atoms with Crippen LogP contribution in [-0.4, -0.2) is 15.9 Å². The van der Waals surface area contributed by atoms with Crippen LogP contribution in [0.1, 0.15) is 15.9 Å². The number of fused-ring (bicyclic) bond motifs is 1. The Morgan fingerprint density at radius 1 is 1.10 bits per heavy atom. The minimum absolute atomic E-state index is 0.198. The third kappa shape index (κ3) is 2.53. The van der Waals surface area contributed by atoms with Crippen LogP contribution in [0.5, 0.6) is 0 Å². The van der Waals surface area contributed by atoms with Gasteiger partial charge in [-0.25, -0.2) is 0 Å². The van der Waals surface area contributed by atoms with Crippen LogP contribution in [0.2, 0.25) is 0 Å². The molecule has 0 bridgehead atoms. The van der Waals surface area contributed by atoms with Gasteiger partial charge in [0, 0.05) is 29.3 Å². The minimum atomic E-state index is -0.198. The fourth-order valence-electron chi connectivity index (χ4n) is 2.09. The van der Waals surface area contributed by atoms with Crippen LogP contribution in [0, 0.1) is 6.92 Å². The molecule has 21 heavy (non-hydrogen) atoms. The molecule has 104 valence electrons. The molecule has 2 aromatic carbocycles. The van der Waals surface area contributed by atoms with Crippen LogP contribution >= 0.6 is 0 Å². The van der Waals surface area contributed by atoms with Crippen LogP contribution in [0.25, 0.3) is 11.0 Å². The molecule has 1 heterocycles. The van der Waals surface area contributed by atoms with E-state index in [9.17, 15) is 4.79 Å². The second-order valence-corrected chi connectivity index (χ2v) is 4.73. The van der Waals surface area contributed by atoms with E-state index in [0.717, 1.165) is 11.1 Å². The summed E-state index contributed by atoms with van der Waals surface area (Å²) in [4.78, 5) is 20.7. The Bertz CT molecular complexity index is 829. The van der Waals surface area contributed by atoms with E-state index in [2.05, 4.69) is 15.3 Å². The predicted octanol–water partition coefficient (Wildman–Crippen LogP) is 2.77. The second-order valence-electron chi connectivity index (χ2n) is 4.73. The standard InChI is InChI=1S/C16H14N4O/c1-10-12(17)3-2-4-13(10)20-16(21)11-5-6-14-15(9-11)19-8-7-18-14/h2-9H,17H2,1H3,(H,20,21). The summed E-state index contributed by atoms with van der Waals surface area (Å²) in [7, 11) is 0. The molecule has 0 fully saturated rings. The van der Waals surface area contributed by atoms with Gasteiger partial charge < -0.3 is 11.1 Å². The van der Waals surface area contributed by atoms with Gasteiger partial charge in [0.05, 0.1) is 11.0 Å². The van der Waals surface area contributed by atoms with Crippen molar-refractivity contribution in [3.8, 4) is 0 Å². The highest BCUT2D eigenvalue weighted by Gasteiger charge is 2.10. The van der Waals surface area contributed by atoms with E-state index in [1.54, 1.807) is 36.7 Å². The monoisotopic (exact) mass is 278 g/mol. The molecule has 0 atom stereocenters. The second kappa shape index (κ2) is 5.20. The van der Waals surface area contributed by atoms with Crippen molar-refractivity contribution in [1.29, 1.82) is 0 Å². The summed E-state index contributed by atoms with van der Waals surface area (Å²) in [6.45, 7) is 1.87. The van der Waals surface area contributed by atoms with Gasteiger partial charge in [-0.3, -0.25) is 14.8 Å². The lowest BCUT2D eigenvalue weighted by molar-refractivity contribution is 0.102. The number of hydrogen-bond donors (Lipinski definition) is 2. The van der Waals surface area contributed by atoms with Gasteiger partial charge in [-0.05, 0) is 42.8 Å². The van der Waals surface area contributed by atoms with Crippen molar-refractivity contribution < 1.29 is 4.79 Å². The highest BCUT2D eigenvalue weighted by atomic mass is 16.1. The third-order valence-corrected chi connectivity index (χ3v) is 3.36. The summed E-state index contributed by atoms with van der Waals surface area (Å²) in [5.74, 6) is -0.198. The van der Waals surface area contributed by atoms with Crippen molar-refractivity contribution in [3.05, 3.63) is 59.9 Å². The van der Waals surface area contributed by atoms with Gasteiger partial charge >= 0.3 is 0 Å². The zero-order valence-corrected chi connectivity index (χ0v) is 11.5. The molecule has 5 nitrogen and oxygen atoms in total. The maximum Gasteiger partial charge on any atom is 0.255 e. The first-order chi connectivity index (χ1) is 10.1. The molecule has 0 aliphatic heterocycles. The number of rotatable bonds is 2. The summed E-state index contributed by atoms with van der Waals surface area (Å²) < 4.78 is 0. The Morgan fingerprint density at radius 3 is 2.67 bits per heavy atom. The van der Waals surface area contributed by atoms with E-state index in [4.69, 9.17) is 5.73 Å². The summed E-state index contributed by atoms with van der Waals surface area (Å²) >= 11 is 0. The van der Waals surface area contributed by atoms with Crippen molar-refractivity contribution in [1.82, 2.24) is 9.97 Å². The number of nitrogens with zero attached hydrogens (tertiary/aromatic N) is 2. The average molecular weight is 278 g/mol. The van der Waals surface area contributed by atoms with E-state index in [-0.39, 0.29) is 5.91 Å². The smallest absolute Gasteiger partial charge is 0.255 e. The van der Waals surface area contributed by atoms with E-state index in [0.29, 0.717) is 22.5 Å². The number of carbonyl (C=O) groups is 1. The van der Waals surface area contributed by atoms with Gasteiger partial charge in [-0.2, -0.15) is 0 Å². The number of benzene rings is 2. The van der Waals surface area contributed by atoms with E-state index >= 15 is 0 Å². The molecule has 0 radical (unpaired) electrons. The lowest BCUT2D eigenvalue weighted by Crippen LogP contribution is -2.13. The Hall–Kier alpha value is -2.95. The molecule has 0 aliphatic rings. The summed E-state index contributed by atoms with van der Waals surface area (Å²) in [6.07, 6.45) is 3.23. The Balaban J connectivity index is 1.91. The Morgan fingerprint density at radius 2 is 1.86 bits per heavy atom. The average Bonchev–Trinajstić information content (AvgIpc) is 2.51. The number of carbonyl (C=O) groups excluding carboxylic acids is 1. The molecule has 3 aromatic rings. The molecule has 0 spiro atoms. The molecule has 0 unspecified atom stereocenters. The number of amides is 1. The fraction of sp³-hybridized carbons (Fsp3) is 0.0625. The summed E-state index contributed by atoms with van der Waals surface area (Å²) in [6, 6.07) is 10.7. The van der Waals surface area contributed by atoms with Crippen molar-refractivity contribution in [2.45, 2.75) is 6.92 Å². The zero-order valence-electron chi connectivity index (χ0n) is 11.5. The third-order valence-electron chi connectivity index (χ3n) is 3.36. The predicted molar refractivity (Wildman–Crippen MR) is 83.1 cm³/mol.